The van der Waals surface area contributed by atoms with Crippen molar-refractivity contribution < 1.29 is 19.1 Å². The first kappa shape index (κ1) is 11.8. The first-order chi connectivity index (χ1) is 8.66. The molecule has 0 saturated carbocycles. The maximum Gasteiger partial charge on any atom is 0.339 e. The molecule has 0 aromatic carbocycles. The lowest BCUT2D eigenvalue weighted by Gasteiger charge is -2.03. The molecule has 1 N–H and O–H groups in total. The predicted octanol–water partition coefficient (Wildman–Crippen LogP) is 0.688. The van der Waals surface area contributed by atoms with Gasteiger partial charge in [0.25, 0.3) is 0 Å². The number of aromatic amines is 1. The van der Waals surface area contributed by atoms with Crippen molar-refractivity contribution >= 4 is 11.8 Å². The fourth-order valence-electron chi connectivity index (χ4n) is 1.34. The molecule has 2 aromatic rings. The van der Waals surface area contributed by atoms with E-state index in [9.17, 15) is 14.8 Å². The summed E-state index contributed by atoms with van der Waals surface area (Å²) >= 11 is 0. The molecule has 18 heavy (non-hydrogen) atoms. The quantitative estimate of drug-likeness (QED) is 0.372. The summed E-state index contributed by atoms with van der Waals surface area (Å²) in [6, 6.07) is 5.93. The molecule has 0 fully saturated rings. The van der Waals surface area contributed by atoms with Crippen LogP contribution >= 0.6 is 0 Å². The molecule has 2 heterocycles. The number of ether oxygens (including phenoxy) is 1. The molecular weight excluding hydrogens is 236 g/mol. The number of H-pyrrole nitrogens is 1. The Hall–Kier alpha value is -2.63. The second-order valence-electron chi connectivity index (χ2n) is 3.53. The number of esters is 1. The van der Waals surface area contributed by atoms with E-state index in [0.29, 0.717) is 10.4 Å². The Kier molecular flexibility index (Phi) is 3.38. The summed E-state index contributed by atoms with van der Waals surface area (Å²) in [5.41, 5.74) is 0.606. The molecule has 6 nitrogen and oxygen atoms in total. The maximum absolute atomic E-state index is 11.5. The average molecular weight is 246 g/mol. The van der Waals surface area contributed by atoms with Gasteiger partial charge in [-0.3, -0.25) is 4.79 Å². The third-order valence-corrected chi connectivity index (χ3v) is 2.27. The molecule has 0 spiro atoms. The van der Waals surface area contributed by atoms with Crippen molar-refractivity contribution in [2.45, 2.75) is 0 Å². The van der Waals surface area contributed by atoms with Crippen molar-refractivity contribution in [3.63, 3.8) is 0 Å². The monoisotopic (exact) mass is 246 g/mol. The number of aromatic nitrogens is 2. The first-order valence-electron chi connectivity index (χ1n) is 5.19. The van der Waals surface area contributed by atoms with E-state index in [1.807, 2.05) is 0 Å². The second kappa shape index (κ2) is 5.13. The number of carbonyl (C=O) groups is 2. The van der Waals surface area contributed by atoms with Crippen LogP contribution in [-0.2, 0) is 4.74 Å². The average Bonchev–Trinajstić information content (AvgIpc) is 2.90. The van der Waals surface area contributed by atoms with E-state index in [0.717, 1.165) is 0 Å². The van der Waals surface area contributed by atoms with Crippen molar-refractivity contribution in [3.05, 3.63) is 59.3 Å². The van der Waals surface area contributed by atoms with E-state index in [4.69, 9.17) is 4.74 Å². The van der Waals surface area contributed by atoms with E-state index in [1.54, 1.807) is 18.3 Å². The van der Waals surface area contributed by atoms with E-state index < -0.39 is 5.97 Å². The lowest BCUT2D eigenvalue weighted by Crippen LogP contribution is -2.24. The minimum Gasteiger partial charge on any atom is -0.619 e. The molecule has 0 saturated heterocycles. The smallest absolute Gasteiger partial charge is 0.339 e. The van der Waals surface area contributed by atoms with Gasteiger partial charge in [-0.15, -0.1) is 0 Å². The summed E-state index contributed by atoms with van der Waals surface area (Å²) in [5, 5.41) is 10.8. The van der Waals surface area contributed by atoms with Crippen LogP contribution in [0.3, 0.4) is 0 Å². The summed E-state index contributed by atoms with van der Waals surface area (Å²) < 4.78 is 5.39. The Bertz CT molecular complexity index is 546. The number of pyridine rings is 1. The number of rotatable bonds is 4. The predicted molar refractivity (Wildman–Crippen MR) is 60.8 cm³/mol. The van der Waals surface area contributed by atoms with Crippen LogP contribution in [0.2, 0.25) is 0 Å². The highest BCUT2D eigenvalue weighted by molar-refractivity contribution is 5.97. The number of hydrogen-bond acceptors (Lipinski definition) is 4. The summed E-state index contributed by atoms with van der Waals surface area (Å²) in [6.45, 7) is -0.342. The topological polar surface area (TPSA) is 86.1 Å². The Labute approximate surface area is 102 Å². The molecule has 0 aliphatic heterocycles. The van der Waals surface area contributed by atoms with E-state index in [-0.39, 0.29) is 18.0 Å². The van der Waals surface area contributed by atoms with Gasteiger partial charge in [-0.05, 0) is 12.1 Å². The molecule has 0 aliphatic rings. The van der Waals surface area contributed by atoms with Crippen LogP contribution in [0.15, 0.2) is 42.9 Å². The molecule has 0 amide bonds. The van der Waals surface area contributed by atoms with Crippen molar-refractivity contribution in [1.82, 2.24) is 4.98 Å². The van der Waals surface area contributed by atoms with Gasteiger partial charge in [-0.1, -0.05) is 0 Å². The Morgan fingerprint density at radius 2 is 2.00 bits per heavy atom. The summed E-state index contributed by atoms with van der Waals surface area (Å²) in [5.74, 6) is -0.960. The zero-order valence-corrected chi connectivity index (χ0v) is 9.33. The molecule has 2 aromatic heterocycles. The molecule has 6 heteroatoms. The Balaban J connectivity index is 1.92. The fourth-order valence-corrected chi connectivity index (χ4v) is 1.34. The van der Waals surface area contributed by atoms with E-state index in [1.165, 1.54) is 24.5 Å². The SMILES string of the molecule is O=C(OCC(=O)c1ccc[nH]1)c1cc[n+]([O-])cc1. The fraction of sp³-hybridized carbons (Fsp3) is 0.0833. The molecular formula is C12H10N2O4. The lowest BCUT2D eigenvalue weighted by atomic mass is 10.3. The van der Waals surface area contributed by atoms with Crippen LogP contribution in [-0.4, -0.2) is 23.3 Å². The van der Waals surface area contributed by atoms with Gasteiger partial charge < -0.3 is 14.9 Å². The highest BCUT2D eigenvalue weighted by Gasteiger charge is 2.12. The van der Waals surface area contributed by atoms with Crippen LogP contribution < -0.4 is 4.73 Å². The number of hydrogen-bond donors (Lipinski definition) is 1. The highest BCUT2D eigenvalue weighted by Crippen LogP contribution is 2.01. The maximum atomic E-state index is 11.5. The molecule has 0 aliphatic carbocycles. The van der Waals surface area contributed by atoms with Gasteiger partial charge in [-0.2, -0.15) is 4.73 Å². The van der Waals surface area contributed by atoms with E-state index in [2.05, 4.69) is 4.98 Å². The lowest BCUT2D eigenvalue weighted by molar-refractivity contribution is -0.605. The van der Waals surface area contributed by atoms with Gasteiger partial charge >= 0.3 is 5.97 Å². The Morgan fingerprint density at radius 3 is 2.61 bits per heavy atom. The standard InChI is InChI=1S/C12H10N2O4/c15-11(10-2-1-5-13-10)8-18-12(16)9-3-6-14(17)7-4-9/h1-7,13H,8H2. The van der Waals surface area contributed by atoms with E-state index >= 15 is 0 Å². The highest BCUT2D eigenvalue weighted by atomic mass is 16.5. The van der Waals surface area contributed by atoms with Gasteiger partial charge in [-0.25, -0.2) is 4.79 Å². The van der Waals surface area contributed by atoms with Gasteiger partial charge in [0, 0.05) is 18.3 Å². The second-order valence-corrected chi connectivity index (χ2v) is 3.53. The van der Waals surface area contributed by atoms with Crippen molar-refractivity contribution in [2.75, 3.05) is 6.61 Å². The largest absolute Gasteiger partial charge is 0.619 e. The first-order valence-corrected chi connectivity index (χ1v) is 5.19. The van der Waals surface area contributed by atoms with Gasteiger partial charge in [0.15, 0.2) is 19.0 Å². The number of ketones is 1. The summed E-state index contributed by atoms with van der Waals surface area (Å²) in [4.78, 5) is 25.8. The minimum atomic E-state index is -0.643. The van der Waals surface area contributed by atoms with Gasteiger partial charge in [0.05, 0.1) is 11.3 Å². The molecule has 0 unspecified atom stereocenters. The molecule has 92 valence electrons. The van der Waals surface area contributed by atoms with Crippen molar-refractivity contribution in [3.8, 4) is 0 Å². The van der Waals surface area contributed by atoms with Crippen LogP contribution in [0, 0.1) is 5.21 Å². The summed E-state index contributed by atoms with van der Waals surface area (Å²) in [7, 11) is 0. The third kappa shape index (κ3) is 2.73. The summed E-state index contributed by atoms with van der Waals surface area (Å²) in [6.07, 6.45) is 3.98. The normalized spacial score (nSPS) is 10.0. The number of nitrogens with zero attached hydrogens (tertiary/aromatic N) is 1. The number of Topliss-reactive ketones (excluding diaryl/α,β-unsaturated/α-hetero) is 1. The number of nitrogens with one attached hydrogen (secondary N) is 1. The molecule has 2 rings (SSSR count). The zero-order chi connectivity index (χ0) is 13.0. The van der Waals surface area contributed by atoms with Crippen molar-refractivity contribution in [2.24, 2.45) is 0 Å². The van der Waals surface area contributed by atoms with Crippen LogP contribution in [0.25, 0.3) is 0 Å². The Morgan fingerprint density at radius 1 is 1.28 bits per heavy atom. The van der Waals surface area contributed by atoms with Gasteiger partial charge in [0.1, 0.15) is 0 Å². The molecule has 0 radical (unpaired) electrons. The van der Waals surface area contributed by atoms with Crippen LogP contribution in [0.1, 0.15) is 20.8 Å². The molecule has 0 bridgehead atoms. The molecule has 0 atom stereocenters. The minimum absolute atomic E-state index is 0.224. The van der Waals surface area contributed by atoms with Crippen LogP contribution in [0.4, 0.5) is 0 Å². The third-order valence-electron chi connectivity index (χ3n) is 2.27. The number of carbonyl (C=O) groups excluding carboxylic acids is 2. The van der Waals surface area contributed by atoms with Crippen molar-refractivity contribution in [1.29, 1.82) is 0 Å². The van der Waals surface area contributed by atoms with Gasteiger partial charge in [0.2, 0.25) is 5.78 Å². The zero-order valence-electron chi connectivity index (χ0n) is 9.33. The van der Waals surface area contributed by atoms with Crippen LogP contribution in [0.5, 0.6) is 0 Å².